The fourth-order valence-electron chi connectivity index (χ4n) is 3.95. The molecule has 1 aliphatic heterocycles. The summed E-state index contributed by atoms with van der Waals surface area (Å²) in [4.78, 5) is 26.7. The molecule has 2 N–H and O–H groups in total. The van der Waals surface area contributed by atoms with Crippen LogP contribution < -0.4 is 15.5 Å². The molecule has 3 aromatic rings. The van der Waals surface area contributed by atoms with Gasteiger partial charge < -0.3 is 15.5 Å². The molecule has 33 heavy (non-hydrogen) atoms. The Hall–Kier alpha value is -3.82. The maximum atomic E-state index is 13.2. The van der Waals surface area contributed by atoms with E-state index in [1.54, 1.807) is 16.8 Å². The van der Waals surface area contributed by atoms with Crippen molar-refractivity contribution in [1.29, 1.82) is 0 Å². The number of aromatic nitrogens is 4. The summed E-state index contributed by atoms with van der Waals surface area (Å²) in [6.07, 6.45) is 1.73. The van der Waals surface area contributed by atoms with Gasteiger partial charge in [0.2, 0.25) is 17.8 Å². The van der Waals surface area contributed by atoms with Crippen LogP contribution in [-0.2, 0) is 16.0 Å². The minimum Gasteiger partial charge on any atom is -0.351 e. The molecular formula is C23H26FN7O2. The van der Waals surface area contributed by atoms with Crippen LogP contribution in [0.4, 0.5) is 10.3 Å². The van der Waals surface area contributed by atoms with Crippen LogP contribution in [0.2, 0.25) is 0 Å². The molecule has 0 unspecified atom stereocenters. The first-order valence-corrected chi connectivity index (χ1v) is 10.9. The summed E-state index contributed by atoms with van der Waals surface area (Å²) in [5.41, 5.74) is 1.65. The van der Waals surface area contributed by atoms with Gasteiger partial charge in [0.25, 0.3) is 0 Å². The Kier molecular flexibility index (Phi) is 6.92. The van der Waals surface area contributed by atoms with E-state index < -0.39 is 6.04 Å². The zero-order chi connectivity index (χ0) is 23.2. The summed E-state index contributed by atoms with van der Waals surface area (Å²) >= 11 is 0. The second kappa shape index (κ2) is 10.2. The summed E-state index contributed by atoms with van der Waals surface area (Å²) in [6, 6.07) is 14.8. The van der Waals surface area contributed by atoms with E-state index >= 15 is 0 Å². The van der Waals surface area contributed by atoms with Crippen molar-refractivity contribution >= 4 is 17.8 Å². The van der Waals surface area contributed by atoms with Gasteiger partial charge in [-0.05, 0) is 53.1 Å². The van der Waals surface area contributed by atoms with Crippen LogP contribution in [0.3, 0.4) is 0 Å². The predicted octanol–water partition coefficient (Wildman–Crippen LogP) is 1.63. The molecule has 4 rings (SSSR count). The smallest absolute Gasteiger partial charge is 0.250 e. The number of anilines is 1. The SMILES string of the molecule is CC(=O)N[C@H](Cc1ccc(F)cc1)C(=O)NC1CCN(c2nnnn2-c2ccccc2)CC1. The molecule has 0 bridgehead atoms. The van der Waals surface area contributed by atoms with Crippen molar-refractivity contribution in [1.82, 2.24) is 30.8 Å². The number of carbonyl (C=O) groups is 2. The van der Waals surface area contributed by atoms with Gasteiger partial charge in [-0.1, -0.05) is 35.4 Å². The highest BCUT2D eigenvalue weighted by Crippen LogP contribution is 2.20. The van der Waals surface area contributed by atoms with Crippen LogP contribution in [0.25, 0.3) is 5.69 Å². The van der Waals surface area contributed by atoms with E-state index in [1.807, 2.05) is 30.3 Å². The van der Waals surface area contributed by atoms with Gasteiger partial charge in [0.15, 0.2) is 0 Å². The van der Waals surface area contributed by atoms with Gasteiger partial charge in [-0.15, -0.1) is 0 Å². The summed E-state index contributed by atoms with van der Waals surface area (Å²) in [7, 11) is 0. The average molecular weight is 452 g/mol. The topological polar surface area (TPSA) is 105 Å². The third-order valence-corrected chi connectivity index (χ3v) is 5.63. The second-order valence-electron chi connectivity index (χ2n) is 8.08. The van der Waals surface area contributed by atoms with Gasteiger partial charge in [-0.3, -0.25) is 9.59 Å². The number of tetrazole rings is 1. The number of benzene rings is 2. The lowest BCUT2D eigenvalue weighted by molar-refractivity contribution is -0.128. The number of piperidine rings is 1. The molecule has 1 aromatic heterocycles. The molecule has 2 amide bonds. The Morgan fingerprint density at radius 2 is 1.79 bits per heavy atom. The summed E-state index contributed by atoms with van der Waals surface area (Å²) in [6.45, 7) is 2.74. The molecule has 0 radical (unpaired) electrons. The number of hydrogen-bond acceptors (Lipinski definition) is 6. The molecule has 1 atom stereocenters. The standard InChI is InChI=1S/C23H26FN7O2/c1-16(32)25-21(15-17-7-9-18(24)10-8-17)22(33)26-19-11-13-30(14-12-19)23-27-28-29-31(23)20-5-3-2-4-6-20/h2-10,19,21H,11-15H2,1H3,(H,25,32)(H,26,33)/t21-/m1/s1. The second-order valence-corrected chi connectivity index (χ2v) is 8.08. The number of hydrogen-bond donors (Lipinski definition) is 2. The van der Waals surface area contributed by atoms with Crippen molar-refractivity contribution in [3.63, 3.8) is 0 Å². The van der Waals surface area contributed by atoms with Crippen molar-refractivity contribution in [2.24, 2.45) is 0 Å². The number of nitrogens with one attached hydrogen (secondary N) is 2. The first-order valence-electron chi connectivity index (χ1n) is 10.9. The lowest BCUT2D eigenvalue weighted by Crippen LogP contribution is -2.52. The fourth-order valence-corrected chi connectivity index (χ4v) is 3.95. The van der Waals surface area contributed by atoms with Crippen LogP contribution in [0.5, 0.6) is 0 Å². The highest BCUT2D eigenvalue weighted by molar-refractivity contribution is 5.87. The lowest BCUT2D eigenvalue weighted by Gasteiger charge is -2.33. The summed E-state index contributed by atoms with van der Waals surface area (Å²) in [5.74, 6) is -0.218. The monoisotopic (exact) mass is 451 g/mol. The van der Waals surface area contributed by atoms with Crippen molar-refractivity contribution < 1.29 is 14.0 Å². The summed E-state index contributed by atoms with van der Waals surface area (Å²) in [5, 5.41) is 17.9. The highest BCUT2D eigenvalue weighted by atomic mass is 19.1. The largest absolute Gasteiger partial charge is 0.351 e. The fraction of sp³-hybridized carbons (Fsp3) is 0.348. The number of amides is 2. The minimum atomic E-state index is -0.726. The summed E-state index contributed by atoms with van der Waals surface area (Å²) < 4.78 is 14.9. The van der Waals surface area contributed by atoms with Gasteiger partial charge in [0, 0.05) is 32.5 Å². The van der Waals surface area contributed by atoms with E-state index in [4.69, 9.17) is 0 Å². The van der Waals surface area contributed by atoms with Crippen molar-refractivity contribution in [2.45, 2.75) is 38.3 Å². The molecule has 0 saturated carbocycles. The first kappa shape index (κ1) is 22.4. The molecule has 9 nitrogen and oxygen atoms in total. The maximum Gasteiger partial charge on any atom is 0.250 e. The minimum absolute atomic E-state index is 0.0284. The molecule has 1 fully saturated rings. The van der Waals surface area contributed by atoms with Gasteiger partial charge in [0.1, 0.15) is 11.9 Å². The van der Waals surface area contributed by atoms with Gasteiger partial charge in [-0.2, -0.15) is 4.68 Å². The molecule has 0 spiro atoms. The number of carbonyl (C=O) groups excluding carboxylic acids is 2. The van der Waals surface area contributed by atoms with E-state index in [2.05, 4.69) is 31.1 Å². The van der Waals surface area contributed by atoms with Crippen molar-refractivity contribution in [2.75, 3.05) is 18.0 Å². The van der Waals surface area contributed by atoms with Crippen LogP contribution in [0.15, 0.2) is 54.6 Å². The molecule has 2 aromatic carbocycles. The number of halogens is 1. The van der Waals surface area contributed by atoms with Crippen LogP contribution >= 0.6 is 0 Å². The van der Waals surface area contributed by atoms with Crippen LogP contribution in [-0.4, -0.2) is 57.2 Å². The molecule has 10 heteroatoms. The molecule has 172 valence electrons. The number of para-hydroxylation sites is 1. The van der Waals surface area contributed by atoms with Gasteiger partial charge in [0.05, 0.1) is 5.69 Å². The Balaban J connectivity index is 1.36. The number of rotatable bonds is 7. The Morgan fingerprint density at radius 1 is 1.09 bits per heavy atom. The van der Waals surface area contributed by atoms with E-state index in [9.17, 15) is 14.0 Å². The zero-order valence-electron chi connectivity index (χ0n) is 18.3. The van der Waals surface area contributed by atoms with Crippen LogP contribution in [0, 0.1) is 5.82 Å². The average Bonchev–Trinajstić information content (AvgIpc) is 3.31. The third kappa shape index (κ3) is 5.71. The predicted molar refractivity (Wildman–Crippen MR) is 120 cm³/mol. The van der Waals surface area contributed by atoms with E-state index in [-0.39, 0.29) is 30.1 Å². The zero-order valence-corrected chi connectivity index (χ0v) is 18.3. The Labute approximate surface area is 191 Å². The first-order chi connectivity index (χ1) is 16.0. The Morgan fingerprint density at radius 3 is 2.45 bits per heavy atom. The molecular weight excluding hydrogens is 425 g/mol. The van der Waals surface area contributed by atoms with E-state index in [1.165, 1.54) is 19.1 Å². The maximum absolute atomic E-state index is 13.2. The molecule has 2 heterocycles. The van der Waals surface area contributed by atoms with Crippen molar-refractivity contribution in [3.05, 3.63) is 66.0 Å². The third-order valence-electron chi connectivity index (χ3n) is 5.63. The van der Waals surface area contributed by atoms with Gasteiger partial charge in [-0.25, -0.2) is 4.39 Å². The van der Waals surface area contributed by atoms with E-state index in [0.717, 1.165) is 24.1 Å². The molecule has 1 saturated heterocycles. The molecule has 1 aliphatic rings. The lowest BCUT2D eigenvalue weighted by atomic mass is 10.0. The quantitative estimate of drug-likeness (QED) is 0.566. The number of nitrogens with zero attached hydrogens (tertiary/aromatic N) is 5. The highest BCUT2D eigenvalue weighted by Gasteiger charge is 2.27. The van der Waals surface area contributed by atoms with E-state index in [0.29, 0.717) is 19.0 Å². The Bertz CT molecular complexity index is 1080. The van der Waals surface area contributed by atoms with Crippen LogP contribution in [0.1, 0.15) is 25.3 Å². The van der Waals surface area contributed by atoms with Crippen molar-refractivity contribution in [3.8, 4) is 5.69 Å². The normalized spacial score (nSPS) is 15.2. The molecule has 0 aliphatic carbocycles. The van der Waals surface area contributed by atoms with Gasteiger partial charge >= 0.3 is 0 Å².